The lowest BCUT2D eigenvalue weighted by atomic mass is 10.1. The number of fused-ring (bicyclic) bond motifs is 1. The highest BCUT2D eigenvalue weighted by Gasteiger charge is 2.20. The van der Waals surface area contributed by atoms with Crippen LogP contribution in [0.3, 0.4) is 0 Å². The second-order valence-corrected chi connectivity index (χ2v) is 4.50. The largest absolute Gasteiger partial charge is 0.327 e. The van der Waals surface area contributed by atoms with Gasteiger partial charge in [0.1, 0.15) is 17.3 Å². The number of aldehydes is 1. The predicted molar refractivity (Wildman–Crippen MR) is 65.9 cm³/mol. The van der Waals surface area contributed by atoms with Crippen molar-refractivity contribution in [3.63, 3.8) is 0 Å². The fourth-order valence-electron chi connectivity index (χ4n) is 2.49. The fraction of sp³-hybridized carbons (Fsp3) is 0.286. The molecule has 0 saturated heterocycles. The van der Waals surface area contributed by atoms with E-state index in [0.717, 1.165) is 49.2 Å². The molecule has 0 unspecified atom stereocenters. The maximum Gasteiger partial charge on any atom is 0.170 e. The first kappa shape index (κ1) is 11.1. The van der Waals surface area contributed by atoms with Crippen molar-refractivity contribution >= 4 is 6.29 Å². The first-order valence-corrected chi connectivity index (χ1v) is 6.10. The van der Waals surface area contributed by atoms with E-state index in [0.29, 0.717) is 5.69 Å². The number of halogens is 1. The molecule has 1 aromatic carbocycles. The van der Waals surface area contributed by atoms with Gasteiger partial charge in [-0.15, -0.1) is 0 Å². The van der Waals surface area contributed by atoms with E-state index in [-0.39, 0.29) is 5.82 Å². The molecule has 18 heavy (non-hydrogen) atoms. The Kier molecular flexibility index (Phi) is 2.70. The summed E-state index contributed by atoms with van der Waals surface area (Å²) in [5.41, 5.74) is 2.39. The average molecular weight is 244 g/mol. The Morgan fingerprint density at radius 1 is 1.22 bits per heavy atom. The molecule has 92 valence electrons. The van der Waals surface area contributed by atoms with Crippen molar-refractivity contribution in [1.82, 2.24) is 9.55 Å². The lowest BCUT2D eigenvalue weighted by Gasteiger charge is -2.16. The molecule has 3 nitrogen and oxygen atoms in total. The van der Waals surface area contributed by atoms with Gasteiger partial charge in [0, 0.05) is 17.8 Å². The molecule has 0 spiro atoms. The van der Waals surface area contributed by atoms with E-state index in [1.807, 2.05) is 0 Å². The van der Waals surface area contributed by atoms with Crippen LogP contribution in [0.15, 0.2) is 24.3 Å². The van der Waals surface area contributed by atoms with Crippen molar-refractivity contribution in [2.45, 2.75) is 25.8 Å². The number of rotatable bonds is 2. The molecule has 0 N–H and O–H groups in total. The van der Waals surface area contributed by atoms with E-state index in [1.165, 1.54) is 12.1 Å². The number of aromatic nitrogens is 2. The van der Waals surface area contributed by atoms with Crippen LogP contribution in [0.5, 0.6) is 0 Å². The maximum absolute atomic E-state index is 12.9. The van der Waals surface area contributed by atoms with Gasteiger partial charge in [-0.2, -0.15) is 0 Å². The van der Waals surface area contributed by atoms with E-state index in [1.54, 1.807) is 12.1 Å². The summed E-state index contributed by atoms with van der Waals surface area (Å²) in [6.07, 6.45) is 3.89. The van der Waals surface area contributed by atoms with E-state index < -0.39 is 0 Å². The third-order valence-electron chi connectivity index (χ3n) is 3.36. The van der Waals surface area contributed by atoms with Crippen molar-refractivity contribution in [3.05, 3.63) is 41.5 Å². The topological polar surface area (TPSA) is 34.9 Å². The van der Waals surface area contributed by atoms with Gasteiger partial charge in [0.2, 0.25) is 0 Å². The number of imidazole rings is 1. The SMILES string of the molecule is O=Cc1nc(-c2ccc(F)cc2)n2c1CCCC2. The predicted octanol–water partition coefficient (Wildman–Crippen LogP) is 2.84. The van der Waals surface area contributed by atoms with Crippen LogP contribution in [-0.4, -0.2) is 15.8 Å². The maximum atomic E-state index is 12.9. The molecule has 1 aliphatic rings. The van der Waals surface area contributed by atoms with Crippen LogP contribution in [-0.2, 0) is 13.0 Å². The van der Waals surface area contributed by atoms with Gasteiger partial charge in [0.25, 0.3) is 0 Å². The number of hydrogen-bond donors (Lipinski definition) is 0. The lowest BCUT2D eigenvalue weighted by Crippen LogP contribution is -2.11. The minimum absolute atomic E-state index is 0.264. The summed E-state index contributed by atoms with van der Waals surface area (Å²) in [5.74, 6) is 0.506. The van der Waals surface area contributed by atoms with Crippen LogP contribution in [0.1, 0.15) is 29.0 Å². The van der Waals surface area contributed by atoms with E-state index >= 15 is 0 Å². The van der Waals surface area contributed by atoms with Gasteiger partial charge >= 0.3 is 0 Å². The van der Waals surface area contributed by atoms with Crippen LogP contribution < -0.4 is 0 Å². The molecule has 2 aromatic rings. The Hall–Kier alpha value is -1.97. The van der Waals surface area contributed by atoms with Gasteiger partial charge in [-0.25, -0.2) is 9.37 Å². The van der Waals surface area contributed by atoms with Gasteiger partial charge in [-0.3, -0.25) is 4.79 Å². The quantitative estimate of drug-likeness (QED) is 0.761. The van der Waals surface area contributed by atoms with E-state index in [2.05, 4.69) is 9.55 Å². The Morgan fingerprint density at radius 3 is 2.72 bits per heavy atom. The number of hydrogen-bond acceptors (Lipinski definition) is 2. The minimum Gasteiger partial charge on any atom is -0.327 e. The van der Waals surface area contributed by atoms with Crippen LogP contribution in [0.25, 0.3) is 11.4 Å². The molecule has 4 heteroatoms. The molecule has 1 aromatic heterocycles. The molecule has 0 bridgehead atoms. The van der Waals surface area contributed by atoms with Gasteiger partial charge in [0.05, 0.1) is 0 Å². The Balaban J connectivity index is 2.14. The third kappa shape index (κ3) is 1.74. The second-order valence-electron chi connectivity index (χ2n) is 4.50. The van der Waals surface area contributed by atoms with Crippen LogP contribution in [0.2, 0.25) is 0 Å². The Morgan fingerprint density at radius 2 is 2.00 bits per heavy atom. The monoisotopic (exact) mass is 244 g/mol. The summed E-state index contributed by atoms with van der Waals surface area (Å²) in [4.78, 5) is 15.4. The fourth-order valence-corrected chi connectivity index (χ4v) is 2.49. The summed E-state index contributed by atoms with van der Waals surface area (Å²) in [6, 6.07) is 6.24. The van der Waals surface area contributed by atoms with Crippen LogP contribution in [0, 0.1) is 5.82 Å². The molecule has 0 saturated carbocycles. The summed E-state index contributed by atoms with van der Waals surface area (Å²) in [7, 11) is 0. The van der Waals surface area contributed by atoms with Gasteiger partial charge < -0.3 is 4.57 Å². The summed E-state index contributed by atoms with van der Waals surface area (Å²) in [5, 5.41) is 0. The molecule has 0 radical (unpaired) electrons. The third-order valence-corrected chi connectivity index (χ3v) is 3.36. The summed E-state index contributed by atoms with van der Waals surface area (Å²) < 4.78 is 15.0. The number of carbonyl (C=O) groups is 1. The zero-order valence-electron chi connectivity index (χ0n) is 9.90. The molecular formula is C14H13FN2O. The molecule has 3 rings (SSSR count). The highest BCUT2D eigenvalue weighted by molar-refractivity contribution is 5.76. The Labute approximate surface area is 104 Å². The number of nitrogens with zero attached hydrogens (tertiary/aromatic N) is 2. The van der Waals surface area contributed by atoms with Crippen molar-refractivity contribution in [3.8, 4) is 11.4 Å². The van der Waals surface area contributed by atoms with Crippen molar-refractivity contribution in [2.75, 3.05) is 0 Å². The summed E-state index contributed by atoms with van der Waals surface area (Å²) >= 11 is 0. The first-order valence-electron chi connectivity index (χ1n) is 6.10. The number of benzene rings is 1. The van der Waals surface area contributed by atoms with Crippen LogP contribution in [0.4, 0.5) is 4.39 Å². The zero-order valence-corrected chi connectivity index (χ0v) is 9.90. The van der Waals surface area contributed by atoms with E-state index in [4.69, 9.17) is 0 Å². The molecule has 0 amide bonds. The van der Waals surface area contributed by atoms with Crippen LogP contribution >= 0.6 is 0 Å². The highest BCUT2D eigenvalue weighted by Crippen LogP contribution is 2.26. The smallest absolute Gasteiger partial charge is 0.170 e. The summed E-state index contributed by atoms with van der Waals surface area (Å²) in [6.45, 7) is 0.878. The average Bonchev–Trinajstić information content (AvgIpc) is 2.79. The van der Waals surface area contributed by atoms with Gasteiger partial charge in [-0.1, -0.05) is 0 Å². The zero-order chi connectivity index (χ0) is 12.5. The molecule has 1 aliphatic heterocycles. The normalized spacial score (nSPS) is 14.3. The van der Waals surface area contributed by atoms with Gasteiger partial charge in [0.15, 0.2) is 6.29 Å². The van der Waals surface area contributed by atoms with Crippen molar-refractivity contribution in [2.24, 2.45) is 0 Å². The van der Waals surface area contributed by atoms with Gasteiger partial charge in [-0.05, 0) is 43.5 Å². The Bertz CT molecular complexity index is 587. The first-order chi connectivity index (χ1) is 8.79. The van der Waals surface area contributed by atoms with E-state index in [9.17, 15) is 9.18 Å². The molecule has 0 fully saturated rings. The molecule has 0 atom stereocenters. The van der Waals surface area contributed by atoms with Crippen molar-refractivity contribution in [1.29, 1.82) is 0 Å². The highest BCUT2D eigenvalue weighted by atomic mass is 19.1. The molecule has 2 heterocycles. The minimum atomic E-state index is -0.264. The van der Waals surface area contributed by atoms with Crippen molar-refractivity contribution < 1.29 is 9.18 Å². The second kappa shape index (κ2) is 4.37. The number of carbonyl (C=O) groups excluding carboxylic acids is 1. The lowest BCUT2D eigenvalue weighted by molar-refractivity contribution is 0.111. The molecular weight excluding hydrogens is 231 g/mol. The molecule has 0 aliphatic carbocycles. The standard InChI is InChI=1S/C14H13FN2O/c15-11-6-4-10(5-7-11)14-16-12(9-18)13-3-1-2-8-17(13)14/h4-7,9H,1-3,8H2.